The minimum Gasteiger partial charge on any atom is -0.385 e. The van der Waals surface area contributed by atoms with Crippen molar-refractivity contribution in [3.05, 3.63) is 52.1 Å². The van der Waals surface area contributed by atoms with Gasteiger partial charge in [-0.2, -0.15) is 5.10 Å². The topological polar surface area (TPSA) is 38.0 Å². The summed E-state index contributed by atoms with van der Waals surface area (Å²) in [5.74, 6) is -0.364. The largest absolute Gasteiger partial charge is 0.385 e. The first-order chi connectivity index (χ1) is 9.89. The molecule has 2 aromatic rings. The van der Waals surface area contributed by atoms with Crippen LogP contribution in [0.5, 0.6) is 0 Å². The highest BCUT2D eigenvalue weighted by molar-refractivity contribution is 6.31. The maximum absolute atomic E-state index is 13.4. The van der Waals surface area contributed by atoms with E-state index in [1.165, 1.54) is 12.1 Å². The van der Waals surface area contributed by atoms with Crippen molar-refractivity contribution in [3.63, 3.8) is 0 Å². The summed E-state index contributed by atoms with van der Waals surface area (Å²) < 4.78 is 15.2. The third kappa shape index (κ3) is 3.27. The Balaban J connectivity index is 2.38. The molecule has 114 valence electrons. The van der Waals surface area contributed by atoms with E-state index in [0.29, 0.717) is 17.1 Å². The Kier molecular flexibility index (Phi) is 4.69. The molecular weight excluding hydrogens is 291 g/mol. The van der Waals surface area contributed by atoms with Crippen molar-refractivity contribution in [1.29, 1.82) is 0 Å². The Labute approximate surface area is 129 Å². The zero-order valence-electron chi connectivity index (χ0n) is 12.5. The van der Waals surface area contributed by atoms with Crippen molar-refractivity contribution in [2.75, 3.05) is 0 Å². The highest BCUT2D eigenvalue weighted by Gasteiger charge is 2.28. The maximum atomic E-state index is 13.4. The van der Waals surface area contributed by atoms with Crippen LogP contribution in [0.4, 0.5) is 4.39 Å². The fraction of sp³-hybridized carbons (Fsp3) is 0.438. The van der Waals surface area contributed by atoms with Crippen LogP contribution in [0.1, 0.15) is 37.7 Å². The van der Waals surface area contributed by atoms with Gasteiger partial charge < -0.3 is 5.11 Å². The lowest BCUT2D eigenvalue weighted by atomic mass is 9.91. The van der Waals surface area contributed by atoms with Crippen molar-refractivity contribution in [2.24, 2.45) is 0 Å². The van der Waals surface area contributed by atoms with Crippen molar-refractivity contribution >= 4 is 11.6 Å². The van der Waals surface area contributed by atoms with Crippen LogP contribution < -0.4 is 0 Å². The fourth-order valence-electron chi connectivity index (χ4n) is 2.44. The van der Waals surface area contributed by atoms with Gasteiger partial charge in [0.2, 0.25) is 0 Å². The molecule has 0 saturated heterocycles. The number of halogens is 2. The van der Waals surface area contributed by atoms with Crippen molar-refractivity contribution in [1.82, 2.24) is 9.78 Å². The Hall–Kier alpha value is -1.39. The molecule has 0 fully saturated rings. The summed E-state index contributed by atoms with van der Waals surface area (Å²) in [6.45, 7) is 6.30. The summed E-state index contributed by atoms with van der Waals surface area (Å²) in [6, 6.07) is 6.01. The number of aryl methyl sites for hydroxylation is 2. The van der Waals surface area contributed by atoms with Gasteiger partial charge in [-0.05, 0) is 38.0 Å². The normalized spacial score (nSPS) is 14.2. The standard InChI is InChI=1S/C16H20ClFN2O/c1-4-13-15(17)14(20(5-2)19-13)10-16(3,21)11-7-6-8-12(18)9-11/h6-9,21H,4-5,10H2,1-3H3. The molecule has 2 rings (SSSR count). The molecule has 3 nitrogen and oxygen atoms in total. The summed E-state index contributed by atoms with van der Waals surface area (Å²) in [5.41, 5.74) is 0.929. The van der Waals surface area contributed by atoms with E-state index in [0.717, 1.165) is 17.8 Å². The van der Waals surface area contributed by atoms with Gasteiger partial charge in [0.1, 0.15) is 5.82 Å². The summed E-state index contributed by atoms with van der Waals surface area (Å²) in [4.78, 5) is 0. The highest BCUT2D eigenvalue weighted by atomic mass is 35.5. The third-order valence-electron chi connectivity index (χ3n) is 3.65. The average Bonchev–Trinajstić information content (AvgIpc) is 2.75. The predicted molar refractivity (Wildman–Crippen MR) is 82.0 cm³/mol. The number of benzene rings is 1. The first-order valence-electron chi connectivity index (χ1n) is 7.11. The average molecular weight is 311 g/mol. The van der Waals surface area contributed by atoms with E-state index in [9.17, 15) is 9.50 Å². The van der Waals surface area contributed by atoms with E-state index in [2.05, 4.69) is 5.10 Å². The maximum Gasteiger partial charge on any atom is 0.123 e. The monoisotopic (exact) mass is 310 g/mol. The number of aliphatic hydroxyl groups is 1. The zero-order valence-corrected chi connectivity index (χ0v) is 13.3. The Bertz CT molecular complexity index is 637. The smallest absolute Gasteiger partial charge is 0.123 e. The first kappa shape index (κ1) is 16.0. The lowest BCUT2D eigenvalue weighted by molar-refractivity contribution is 0.0551. The van der Waals surface area contributed by atoms with Gasteiger partial charge in [-0.1, -0.05) is 30.7 Å². The SMILES string of the molecule is CCc1nn(CC)c(CC(C)(O)c2cccc(F)c2)c1Cl. The van der Waals surface area contributed by atoms with Crippen LogP contribution in [-0.2, 0) is 25.0 Å². The summed E-state index contributed by atoms with van der Waals surface area (Å²) >= 11 is 6.36. The van der Waals surface area contributed by atoms with Gasteiger partial charge >= 0.3 is 0 Å². The van der Waals surface area contributed by atoms with Crippen molar-refractivity contribution in [2.45, 2.75) is 45.8 Å². The first-order valence-corrected chi connectivity index (χ1v) is 7.49. The molecule has 0 saturated carbocycles. The second-order valence-electron chi connectivity index (χ2n) is 5.34. The van der Waals surface area contributed by atoms with Gasteiger partial charge in [-0.25, -0.2) is 4.39 Å². The molecule has 0 amide bonds. The second-order valence-corrected chi connectivity index (χ2v) is 5.72. The molecule has 1 aromatic heterocycles. The predicted octanol–water partition coefficient (Wildman–Crippen LogP) is 3.71. The molecule has 0 spiro atoms. The molecule has 1 N–H and O–H groups in total. The van der Waals surface area contributed by atoms with Gasteiger partial charge in [-0.15, -0.1) is 0 Å². The van der Waals surface area contributed by atoms with Crippen LogP contribution >= 0.6 is 11.6 Å². The van der Waals surface area contributed by atoms with Crippen LogP contribution in [0.3, 0.4) is 0 Å². The number of hydrogen-bond donors (Lipinski definition) is 1. The summed E-state index contributed by atoms with van der Waals surface area (Å²) in [6.07, 6.45) is 1.02. The Morgan fingerprint density at radius 2 is 2.10 bits per heavy atom. The van der Waals surface area contributed by atoms with Gasteiger partial charge in [0.05, 0.1) is 22.0 Å². The number of aromatic nitrogens is 2. The Morgan fingerprint density at radius 3 is 2.67 bits per heavy atom. The van der Waals surface area contributed by atoms with Gasteiger partial charge in [0.25, 0.3) is 0 Å². The zero-order chi connectivity index (χ0) is 15.6. The summed E-state index contributed by atoms with van der Waals surface area (Å²) in [5, 5.41) is 15.8. The van der Waals surface area contributed by atoms with Crippen LogP contribution in [0, 0.1) is 5.82 Å². The van der Waals surface area contributed by atoms with E-state index >= 15 is 0 Å². The molecule has 0 aliphatic rings. The van der Waals surface area contributed by atoms with Crippen molar-refractivity contribution < 1.29 is 9.50 Å². The second kappa shape index (κ2) is 6.16. The number of nitrogens with zero attached hydrogens (tertiary/aromatic N) is 2. The molecule has 0 aliphatic carbocycles. The fourth-order valence-corrected chi connectivity index (χ4v) is 2.77. The molecule has 1 unspecified atom stereocenters. The molecule has 1 atom stereocenters. The van der Waals surface area contributed by atoms with E-state index in [-0.39, 0.29) is 12.2 Å². The van der Waals surface area contributed by atoms with E-state index in [1.807, 2.05) is 13.8 Å². The van der Waals surface area contributed by atoms with E-state index in [4.69, 9.17) is 11.6 Å². The van der Waals surface area contributed by atoms with Crippen LogP contribution in [0.2, 0.25) is 5.02 Å². The number of hydrogen-bond acceptors (Lipinski definition) is 2. The lowest BCUT2D eigenvalue weighted by Crippen LogP contribution is -2.26. The van der Waals surface area contributed by atoms with Crippen LogP contribution in [0.25, 0.3) is 0 Å². The van der Waals surface area contributed by atoms with Crippen molar-refractivity contribution in [3.8, 4) is 0 Å². The third-order valence-corrected chi connectivity index (χ3v) is 4.09. The van der Waals surface area contributed by atoms with Gasteiger partial charge in [0, 0.05) is 13.0 Å². The molecule has 21 heavy (non-hydrogen) atoms. The Morgan fingerprint density at radius 1 is 1.38 bits per heavy atom. The molecule has 0 aliphatic heterocycles. The molecule has 0 radical (unpaired) electrons. The molecule has 1 heterocycles. The molecule has 5 heteroatoms. The van der Waals surface area contributed by atoms with Crippen LogP contribution in [0.15, 0.2) is 24.3 Å². The molecular formula is C16H20ClFN2O. The highest BCUT2D eigenvalue weighted by Crippen LogP contribution is 2.30. The molecule has 0 bridgehead atoms. The van der Waals surface area contributed by atoms with Crippen LogP contribution in [-0.4, -0.2) is 14.9 Å². The van der Waals surface area contributed by atoms with Gasteiger partial charge in [-0.3, -0.25) is 4.68 Å². The van der Waals surface area contributed by atoms with E-state index in [1.54, 1.807) is 23.7 Å². The minimum absolute atomic E-state index is 0.288. The molecule has 1 aromatic carbocycles. The number of rotatable bonds is 5. The quantitative estimate of drug-likeness (QED) is 0.914. The van der Waals surface area contributed by atoms with Gasteiger partial charge in [0.15, 0.2) is 0 Å². The lowest BCUT2D eigenvalue weighted by Gasteiger charge is -2.24. The summed E-state index contributed by atoms with van der Waals surface area (Å²) in [7, 11) is 0. The van der Waals surface area contributed by atoms with E-state index < -0.39 is 5.60 Å². The minimum atomic E-state index is -1.20.